The van der Waals surface area contributed by atoms with Gasteiger partial charge in [0, 0.05) is 36.1 Å². The molecule has 0 bridgehead atoms. The summed E-state index contributed by atoms with van der Waals surface area (Å²) in [5, 5.41) is 7.36. The van der Waals surface area contributed by atoms with Crippen molar-refractivity contribution in [2.75, 3.05) is 17.7 Å². The van der Waals surface area contributed by atoms with Crippen molar-refractivity contribution in [3.05, 3.63) is 42.5 Å². The van der Waals surface area contributed by atoms with Crippen molar-refractivity contribution in [1.82, 2.24) is 15.0 Å². The number of para-hydroxylation sites is 1. The van der Waals surface area contributed by atoms with Gasteiger partial charge in [-0.2, -0.15) is 0 Å². The minimum atomic E-state index is -0.448. The van der Waals surface area contributed by atoms with Crippen LogP contribution in [0.3, 0.4) is 0 Å². The predicted molar refractivity (Wildman–Crippen MR) is 103 cm³/mol. The first-order chi connectivity index (χ1) is 13.6. The van der Waals surface area contributed by atoms with Gasteiger partial charge in [-0.15, -0.1) is 0 Å². The molecule has 28 heavy (non-hydrogen) atoms. The Morgan fingerprint density at radius 1 is 1.21 bits per heavy atom. The van der Waals surface area contributed by atoms with E-state index in [-0.39, 0.29) is 23.2 Å². The van der Waals surface area contributed by atoms with Gasteiger partial charge >= 0.3 is 0 Å². The van der Waals surface area contributed by atoms with Crippen molar-refractivity contribution in [1.29, 1.82) is 0 Å². The molecule has 7 nitrogen and oxygen atoms in total. The number of rotatable bonds is 4. The highest BCUT2D eigenvalue weighted by molar-refractivity contribution is 6.03. The number of carbonyl (C=O) groups is 1. The number of pyridine rings is 2. The Morgan fingerprint density at radius 2 is 2.07 bits per heavy atom. The van der Waals surface area contributed by atoms with Crippen LogP contribution >= 0.6 is 0 Å². The molecule has 0 spiro atoms. The van der Waals surface area contributed by atoms with Crippen molar-refractivity contribution >= 4 is 39.4 Å². The third kappa shape index (κ3) is 2.74. The Kier molecular flexibility index (Phi) is 3.71. The molecule has 1 aliphatic carbocycles. The molecule has 3 heterocycles. The van der Waals surface area contributed by atoms with Crippen LogP contribution in [0.4, 0.5) is 16.0 Å². The highest BCUT2D eigenvalue weighted by atomic mass is 19.1. The number of nitrogens with zero attached hydrogens (tertiary/aromatic N) is 3. The summed E-state index contributed by atoms with van der Waals surface area (Å²) < 4.78 is 19.8. The van der Waals surface area contributed by atoms with Crippen LogP contribution < -0.4 is 10.6 Å². The summed E-state index contributed by atoms with van der Waals surface area (Å²) in [6, 6.07) is 6.33. The maximum Gasteiger partial charge on any atom is 0.229 e. The Balaban J connectivity index is 1.67. The first-order valence-electron chi connectivity index (χ1n) is 8.97. The zero-order valence-corrected chi connectivity index (χ0v) is 15.0. The molecule has 5 rings (SSSR count). The fourth-order valence-electron chi connectivity index (χ4n) is 3.18. The number of fused-ring (bicyclic) bond motifs is 2. The smallest absolute Gasteiger partial charge is 0.229 e. The van der Waals surface area contributed by atoms with E-state index in [1.165, 1.54) is 6.07 Å². The summed E-state index contributed by atoms with van der Waals surface area (Å²) in [5.74, 6) is 0.930. The summed E-state index contributed by atoms with van der Waals surface area (Å²) in [7, 11) is 1.76. The number of aromatic nitrogens is 3. The van der Waals surface area contributed by atoms with E-state index >= 15 is 0 Å². The fourth-order valence-corrected chi connectivity index (χ4v) is 3.18. The lowest BCUT2D eigenvalue weighted by Gasteiger charge is -2.10. The number of amides is 1. The Morgan fingerprint density at radius 3 is 2.82 bits per heavy atom. The lowest BCUT2D eigenvalue weighted by molar-refractivity contribution is -0.117. The van der Waals surface area contributed by atoms with Gasteiger partial charge in [0.2, 0.25) is 11.8 Å². The molecule has 8 heteroatoms. The topological polar surface area (TPSA) is 92.9 Å². The van der Waals surface area contributed by atoms with E-state index in [0.717, 1.165) is 23.6 Å². The summed E-state index contributed by atoms with van der Waals surface area (Å²) in [6.07, 6.45) is 5.08. The SMILES string of the molecule is CNc1ncc(-c2nc3c(F)cccc3o2)c2cc(NC(=O)C3CC3)ncc12. The van der Waals surface area contributed by atoms with Gasteiger partial charge in [0.1, 0.15) is 17.2 Å². The molecule has 0 unspecified atom stereocenters. The molecule has 3 aromatic heterocycles. The second kappa shape index (κ2) is 6.26. The molecular weight excluding hydrogens is 361 g/mol. The monoisotopic (exact) mass is 377 g/mol. The molecule has 4 aromatic rings. The van der Waals surface area contributed by atoms with Gasteiger partial charge in [0.15, 0.2) is 11.4 Å². The van der Waals surface area contributed by atoms with E-state index in [1.54, 1.807) is 37.6 Å². The van der Waals surface area contributed by atoms with E-state index < -0.39 is 5.82 Å². The summed E-state index contributed by atoms with van der Waals surface area (Å²) in [4.78, 5) is 25.1. The normalized spacial score (nSPS) is 13.8. The van der Waals surface area contributed by atoms with Gasteiger partial charge in [0.25, 0.3) is 0 Å². The van der Waals surface area contributed by atoms with E-state index in [0.29, 0.717) is 22.8 Å². The predicted octanol–water partition coefficient (Wildman–Crippen LogP) is 3.97. The third-order valence-corrected chi connectivity index (χ3v) is 4.81. The Bertz CT molecular complexity index is 1230. The molecule has 0 atom stereocenters. The minimum Gasteiger partial charge on any atom is -0.436 e. The van der Waals surface area contributed by atoms with Crippen LogP contribution in [0.15, 0.2) is 41.1 Å². The number of hydrogen-bond acceptors (Lipinski definition) is 6. The largest absolute Gasteiger partial charge is 0.436 e. The highest BCUT2D eigenvalue weighted by Gasteiger charge is 2.30. The molecule has 1 saturated carbocycles. The van der Waals surface area contributed by atoms with Gasteiger partial charge in [-0.05, 0) is 31.0 Å². The first kappa shape index (κ1) is 16.6. The standard InChI is InChI=1S/C20H16FN5O2/c1-22-18-12-8-23-16(25-19(27)10-5-6-10)7-11(12)13(9-24-18)20-26-17-14(21)3-2-4-15(17)28-20/h2-4,7-10H,5-6H2,1H3,(H,22,24)(H,23,25,27). The van der Waals surface area contributed by atoms with Gasteiger partial charge < -0.3 is 15.1 Å². The molecule has 140 valence electrons. The molecule has 1 aromatic carbocycles. The summed E-state index contributed by atoms with van der Waals surface area (Å²) >= 11 is 0. The Labute approximate surface area is 159 Å². The molecular formula is C20H16FN5O2. The van der Waals surface area contributed by atoms with Gasteiger partial charge in [-0.25, -0.2) is 19.3 Å². The van der Waals surface area contributed by atoms with Crippen molar-refractivity contribution in [3.63, 3.8) is 0 Å². The molecule has 2 N–H and O–H groups in total. The zero-order valence-electron chi connectivity index (χ0n) is 15.0. The molecule has 0 aliphatic heterocycles. The van der Waals surface area contributed by atoms with Crippen LogP contribution in [0.1, 0.15) is 12.8 Å². The van der Waals surface area contributed by atoms with Crippen LogP contribution in [-0.4, -0.2) is 27.9 Å². The summed E-state index contributed by atoms with van der Waals surface area (Å²) in [5.41, 5.74) is 1.12. The van der Waals surface area contributed by atoms with E-state index in [4.69, 9.17) is 4.42 Å². The molecule has 1 amide bonds. The van der Waals surface area contributed by atoms with Crippen LogP contribution in [0, 0.1) is 11.7 Å². The number of halogens is 1. The lowest BCUT2D eigenvalue weighted by Crippen LogP contribution is -2.14. The number of hydrogen-bond donors (Lipinski definition) is 2. The quantitative estimate of drug-likeness (QED) is 0.559. The lowest BCUT2D eigenvalue weighted by atomic mass is 10.1. The minimum absolute atomic E-state index is 0.0276. The zero-order chi connectivity index (χ0) is 19.3. The first-order valence-corrected chi connectivity index (χ1v) is 8.97. The Hall–Kier alpha value is -3.55. The van der Waals surface area contributed by atoms with Crippen LogP contribution in [0.25, 0.3) is 33.3 Å². The number of anilines is 2. The average molecular weight is 377 g/mol. The van der Waals surface area contributed by atoms with E-state index in [1.807, 2.05) is 0 Å². The van der Waals surface area contributed by atoms with Crippen LogP contribution in [0.2, 0.25) is 0 Å². The van der Waals surface area contributed by atoms with Crippen molar-refractivity contribution in [3.8, 4) is 11.5 Å². The fraction of sp³-hybridized carbons (Fsp3) is 0.200. The van der Waals surface area contributed by atoms with Crippen molar-refractivity contribution in [2.24, 2.45) is 5.92 Å². The molecule has 1 aliphatic rings. The van der Waals surface area contributed by atoms with Crippen LogP contribution in [-0.2, 0) is 4.79 Å². The average Bonchev–Trinajstić information content (AvgIpc) is 3.46. The number of oxazole rings is 1. The van der Waals surface area contributed by atoms with Gasteiger partial charge in [-0.3, -0.25) is 4.79 Å². The van der Waals surface area contributed by atoms with Crippen LogP contribution in [0.5, 0.6) is 0 Å². The maximum absolute atomic E-state index is 14.0. The van der Waals surface area contributed by atoms with E-state index in [2.05, 4.69) is 25.6 Å². The summed E-state index contributed by atoms with van der Waals surface area (Å²) in [6.45, 7) is 0. The molecule has 1 fully saturated rings. The second-order valence-corrected chi connectivity index (χ2v) is 6.75. The van der Waals surface area contributed by atoms with Gasteiger partial charge in [-0.1, -0.05) is 6.07 Å². The molecule has 0 radical (unpaired) electrons. The number of benzene rings is 1. The second-order valence-electron chi connectivity index (χ2n) is 6.75. The maximum atomic E-state index is 14.0. The molecule has 0 saturated heterocycles. The van der Waals surface area contributed by atoms with E-state index in [9.17, 15) is 9.18 Å². The third-order valence-electron chi connectivity index (χ3n) is 4.81. The highest BCUT2D eigenvalue weighted by Crippen LogP contribution is 2.35. The number of nitrogens with one attached hydrogen (secondary N) is 2. The van der Waals surface area contributed by atoms with Gasteiger partial charge in [0.05, 0.1) is 5.56 Å². The van der Waals surface area contributed by atoms with Crippen molar-refractivity contribution < 1.29 is 13.6 Å². The van der Waals surface area contributed by atoms with Crippen molar-refractivity contribution in [2.45, 2.75) is 12.8 Å². The number of carbonyl (C=O) groups excluding carboxylic acids is 1.